The van der Waals surface area contributed by atoms with Crippen molar-refractivity contribution >= 4 is 15.9 Å². The summed E-state index contributed by atoms with van der Waals surface area (Å²) >= 11 is 3.53. The van der Waals surface area contributed by atoms with Crippen LogP contribution in [-0.4, -0.2) is 53.2 Å². The maximum absolute atomic E-state index is 9.64. The molecule has 1 aromatic rings. The van der Waals surface area contributed by atoms with Gasteiger partial charge in [0.15, 0.2) is 0 Å². The number of ether oxygens (including phenoxy) is 1. The number of methoxy groups -OCH3 is 1. The highest BCUT2D eigenvalue weighted by atomic mass is 79.9. The Kier molecular flexibility index (Phi) is 5.58. The third kappa shape index (κ3) is 4.06. The number of halogens is 1. The molecular formula is C11H20BrN3O2. The molecule has 5 nitrogen and oxygen atoms in total. The van der Waals surface area contributed by atoms with E-state index in [1.807, 2.05) is 30.6 Å². The SMILES string of the molecule is COCC(O)CN(C)Cc1c(Br)c(C)nn1C. The summed E-state index contributed by atoms with van der Waals surface area (Å²) in [5, 5.41) is 14.0. The highest BCUT2D eigenvalue weighted by Gasteiger charge is 2.14. The topological polar surface area (TPSA) is 50.5 Å². The lowest BCUT2D eigenvalue weighted by atomic mass is 10.3. The summed E-state index contributed by atoms with van der Waals surface area (Å²) in [7, 11) is 5.48. The molecule has 1 aromatic heterocycles. The van der Waals surface area contributed by atoms with Gasteiger partial charge in [0.25, 0.3) is 0 Å². The van der Waals surface area contributed by atoms with E-state index in [9.17, 15) is 5.11 Å². The van der Waals surface area contributed by atoms with Gasteiger partial charge in [0.2, 0.25) is 0 Å². The zero-order chi connectivity index (χ0) is 13.0. The number of nitrogens with zero attached hydrogens (tertiary/aromatic N) is 3. The molecule has 1 heterocycles. The van der Waals surface area contributed by atoms with Crippen molar-refractivity contribution in [3.05, 3.63) is 15.9 Å². The first kappa shape index (κ1) is 14.6. The van der Waals surface area contributed by atoms with Crippen LogP contribution in [0.5, 0.6) is 0 Å². The number of aliphatic hydroxyl groups excluding tert-OH is 1. The van der Waals surface area contributed by atoms with Crippen molar-refractivity contribution in [2.24, 2.45) is 7.05 Å². The van der Waals surface area contributed by atoms with E-state index in [1.165, 1.54) is 0 Å². The molecule has 0 aliphatic rings. The first-order valence-electron chi connectivity index (χ1n) is 5.49. The van der Waals surface area contributed by atoms with Gasteiger partial charge in [0, 0.05) is 27.2 Å². The monoisotopic (exact) mass is 305 g/mol. The molecule has 6 heteroatoms. The Hall–Kier alpha value is -0.430. The van der Waals surface area contributed by atoms with Gasteiger partial charge in [-0.1, -0.05) is 0 Å². The minimum absolute atomic E-state index is 0.357. The molecule has 0 spiro atoms. The molecule has 0 bridgehead atoms. The normalized spacial score (nSPS) is 13.4. The van der Waals surface area contributed by atoms with Crippen LogP contribution < -0.4 is 0 Å². The summed E-state index contributed by atoms with van der Waals surface area (Å²) in [5.74, 6) is 0. The predicted molar refractivity (Wildman–Crippen MR) is 69.9 cm³/mol. The minimum atomic E-state index is -0.460. The van der Waals surface area contributed by atoms with Crippen LogP contribution in [0.3, 0.4) is 0 Å². The standard InChI is InChI=1S/C11H20BrN3O2/c1-8-11(12)10(15(3)13-8)6-14(2)5-9(16)7-17-4/h9,16H,5-7H2,1-4H3. The number of hydrogen-bond acceptors (Lipinski definition) is 4. The van der Waals surface area contributed by atoms with Gasteiger partial charge in [-0.05, 0) is 29.9 Å². The zero-order valence-corrected chi connectivity index (χ0v) is 12.4. The summed E-state index contributed by atoms with van der Waals surface area (Å²) in [5.41, 5.74) is 2.09. The smallest absolute Gasteiger partial charge is 0.0900 e. The summed E-state index contributed by atoms with van der Waals surface area (Å²) < 4.78 is 7.80. The zero-order valence-electron chi connectivity index (χ0n) is 10.8. The second-order valence-corrected chi connectivity index (χ2v) is 5.07. The van der Waals surface area contributed by atoms with E-state index in [2.05, 4.69) is 21.0 Å². The molecule has 17 heavy (non-hydrogen) atoms. The van der Waals surface area contributed by atoms with Gasteiger partial charge in [-0.15, -0.1) is 0 Å². The van der Waals surface area contributed by atoms with Crippen molar-refractivity contribution in [2.75, 3.05) is 27.3 Å². The maximum Gasteiger partial charge on any atom is 0.0900 e. The van der Waals surface area contributed by atoms with Crippen molar-refractivity contribution in [2.45, 2.75) is 19.6 Å². The lowest BCUT2D eigenvalue weighted by Crippen LogP contribution is -2.32. The largest absolute Gasteiger partial charge is 0.389 e. The highest BCUT2D eigenvalue weighted by Crippen LogP contribution is 2.21. The van der Waals surface area contributed by atoms with Crippen LogP contribution in [0.15, 0.2) is 4.47 Å². The Bertz CT molecular complexity index is 368. The van der Waals surface area contributed by atoms with Crippen LogP contribution in [-0.2, 0) is 18.3 Å². The van der Waals surface area contributed by atoms with Gasteiger partial charge in [-0.3, -0.25) is 9.58 Å². The summed E-state index contributed by atoms with van der Waals surface area (Å²) in [6.45, 7) is 3.63. The third-order valence-electron chi connectivity index (χ3n) is 2.56. The van der Waals surface area contributed by atoms with E-state index < -0.39 is 6.10 Å². The Labute approximate surface area is 110 Å². The maximum atomic E-state index is 9.64. The van der Waals surface area contributed by atoms with Gasteiger partial charge in [0.1, 0.15) is 0 Å². The molecule has 1 N–H and O–H groups in total. The molecule has 0 amide bonds. The van der Waals surface area contributed by atoms with Crippen molar-refractivity contribution in [3.8, 4) is 0 Å². The van der Waals surface area contributed by atoms with E-state index in [1.54, 1.807) is 7.11 Å². The summed E-state index contributed by atoms with van der Waals surface area (Å²) in [6.07, 6.45) is -0.460. The fourth-order valence-corrected chi connectivity index (χ4v) is 2.24. The second kappa shape index (κ2) is 6.49. The highest BCUT2D eigenvalue weighted by molar-refractivity contribution is 9.10. The molecular weight excluding hydrogens is 286 g/mol. The second-order valence-electron chi connectivity index (χ2n) is 4.28. The van der Waals surface area contributed by atoms with Gasteiger partial charge >= 0.3 is 0 Å². The van der Waals surface area contributed by atoms with Crippen LogP contribution in [0, 0.1) is 6.92 Å². The van der Waals surface area contributed by atoms with Gasteiger partial charge in [-0.2, -0.15) is 5.10 Å². The average molecular weight is 306 g/mol. The summed E-state index contributed by atoms with van der Waals surface area (Å²) in [4.78, 5) is 2.05. The van der Waals surface area contributed by atoms with Crippen LogP contribution in [0.4, 0.5) is 0 Å². The molecule has 98 valence electrons. The molecule has 0 aromatic carbocycles. The van der Waals surface area contributed by atoms with Crippen molar-refractivity contribution in [3.63, 3.8) is 0 Å². The third-order valence-corrected chi connectivity index (χ3v) is 3.59. The molecule has 0 aliphatic carbocycles. The van der Waals surface area contributed by atoms with E-state index in [-0.39, 0.29) is 0 Å². The molecule has 0 saturated heterocycles. The fraction of sp³-hybridized carbons (Fsp3) is 0.727. The number of aromatic nitrogens is 2. The number of hydrogen-bond donors (Lipinski definition) is 1. The predicted octanol–water partition coefficient (Wildman–Crippen LogP) is 0.930. The quantitative estimate of drug-likeness (QED) is 0.849. The van der Waals surface area contributed by atoms with Crippen LogP contribution in [0.1, 0.15) is 11.4 Å². The lowest BCUT2D eigenvalue weighted by Gasteiger charge is -2.20. The van der Waals surface area contributed by atoms with Gasteiger partial charge in [-0.25, -0.2) is 0 Å². The first-order valence-corrected chi connectivity index (χ1v) is 6.28. The number of aliphatic hydroxyl groups is 1. The average Bonchev–Trinajstić information content (AvgIpc) is 2.45. The molecule has 1 atom stereocenters. The van der Waals surface area contributed by atoms with E-state index in [0.29, 0.717) is 13.2 Å². The van der Waals surface area contributed by atoms with Gasteiger partial charge < -0.3 is 9.84 Å². The van der Waals surface area contributed by atoms with Crippen molar-refractivity contribution in [1.82, 2.24) is 14.7 Å². The fourth-order valence-electron chi connectivity index (χ4n) is 1.78. The lowest BCUT2D eigenvalue weighted by molar-refractivity contribution is 0.0414. The molecule has 1 unspecified atom stereocenters. The molecule has 0 saturated carbocycles. The van der Waals surface area contributed by atoms with Crippen molar-refractivity contribution in [1.29, 1.82) is 0 Å². The van der Waals surface area contributed by atoms with Crippen LogP contribution in [0.25, 0.3) is 0 Å². The van der Waals surface area contributed by atoms with Crippen LogP contribution in [0.2, 0.25) is 0 Å². The molecule has 0 fully saturated rings. The molecule has 0 radical (unpaired) electrons. The Morgan fingerprint density at radius 1 is 1.59 bits per heavy atom. The van der Waals surface area contributed by atoms with Crippen molar-refractivity contribution < 1.29 is 9.84 Å². The van der Waals surface area contributed by atoms with E-state index in [0.717, 1.165) is 22.4 Å². The Balaban J connectivity index is 2.58. The van der Waals surface area contributed by atoms with Gasteiger partial charge in [0.05, 0.1) is 28.6 Å². The van der Waals surface area contributed by atoms with E-state index in [4.69, 9.17) is 4.74 Å². The van der Waals surface area contributed by atoms with Crippen LogP contribution >= 0.6 is 15.9 Å². The number of rotatable bonds is 6. The molecule has 0 aliphatic heterocycles. The minimum Gasteiger partial charge on any atom is -0.389 e. The van der Waals surface area contributed by atoms with E-state index >= 15 is 0 Å². The molecule has 1 rings (SSSR count). The number of aryl methyl sites for hydroxylation is 2. The number of likely N-dealkylation sites (N-methyl/N-ethyl adjacent to an activating group) is 1. The Morgan fingerprint density at radius 3 is 2.71 bits per heavy atom. The first-order chi connectivity index (χ1) is 7.95. The Morgan fingerprint density at radius 2 is 2.24 bits per heavy atom. The summed E-state index contributed by atoms with van der Waals surface area (Å²) in [6, 6.07) is 0.